The number of nitrogens with zero attached hydrogens (tertiary/aromatic N) is 3. The van der Waals surface area contributed by atoms with Gasteiger partial charge in [-0.3, -0.25) is 4.79 Å². The monoisotopic (exact) mass is 479 g/mol. The van der Waals surface area contributed by atoms with Crippen molar-refractivity contribution in [2.75, 3.05) is 60.0 Å². The first kappa shape index (κ1) is 26.1. The number of carbonyl (C=O) groups is 1. The highest BCUT2D eigenvalue weighted by Gasteiger charge is 2.27. The van der Waals surface area contributed by atoms with Gasteiger partial charge in [0.25, 0.3) is 0 Å². The number of ether oxygens (including phenoxy) is 1. The third-order valence-corrected chi connectivity index (χ3v) is 9.36. The van der Waals surface area contributed by atoms with E-state index in [2.05, 4.69) is 9.80 Å². The Morgan fingerprint density at radius 3 is 2.12 bits per heavy atom. The minimum absolute atomic E-state index is 0.163. The number of hydrogen-bond acceptors (Lipinski definition) is 6. The number of Topliss-reactive ketones (excluding diaryl/α,β-unsaturated/α-hetero) is 1. The Kier molecular flexibility index (Phi) is 9.33. The number of benzene rings is 1. The SMILES string of the molecule is COc1cc(C)c(S(=O)(=O)N(C)CCC(=O)CC2CCN(CCN3CCCC3)CC2)c(C)c1. The van der Waals surface area contributed by atoms with Crippen molar-refractivity contribution in [1.82, 2.24) is 14.1 Å². The highest BCUT2D eigenvalue weighted by molar-refractivity contribution is 7.89. The van der Waals surface area contributed by atoms with E-state index in [-0.39, 0.29) is 18.7 Å². The summed E-state index contributed by atoms with van der Waals surface area (Å²) in [6.45, 7) is 10.7. The second-order valence-electron chi connectivity index (χ2n) is 9.74. The van der Waals surface area contributed by atoms with E-state index in [1.54, 1.807) is 40.1 Å². The van der Waals surface area contributed by atoms with Gasteiger partial charge < -0.3 is 14.5 Å². The first-order valence-electron chi connectivity index (χ1n) is 12.3. The number of aryl methyl sites for hydroxylation is 2. The van der Waals surface area contributed by atoms with E-state index in [0.29, 0.717) is 34.1 Å². The van der Waals surface area contributed by atoms with Crippen molar-refractivity contribution in [3.05, 3.63) is 23.3 Å². The van der Waals surface area contributed by atoms with E-state index in [9.17, 15) is 13.2 Å². The molecule has 186 valence electrons. The van der Waals surface area contributed by atoms with Crippen molar-refractivity contribution < 1.29 is 17.9 Å². The lowest BCUT2D eigenvalue weighted by Gasteiger charge is -2.32. The molecule has 0 amide bonds. The van der Waals surface area contributed by atoms with Crippen LogP contribution < -0.4 is 4.74 Å². The zero-order valence-electron chi connectivity index (χ0n) is 20.8. The van der Waals surface area contributed by atoms with Gasteiger partial charge >= 0.3 is 0 Å². The first-order valence-corrected chi connectivity index (χ1v) is 13.7. The van der Waals surface area contributed by atoms with E-state index in [1.807, 2.05) is 0 Å². The van der Waals surface area contributed by atoms with Crippen LogP contribution in [0.4, 0.5) is 0 Å². The molecule has 7 nitrogen and oxygen atoms in total. The molecule has 2 fully saturated rings. The predicted molar refractivity (Wildman–Crippen MR) is 131 cm³/mol. The summed E-state index contributed by atoms with van der Waals surface area (Å²) < 4.78 is 32.8. The van der Waals surface area contributed by atoms with Crippen LogP contribution in [0.25, 0.3) is 0 Å². The van der Waals surface area contributed by atoms with Crippen LogP contribution in [0.2, 0.25) is 0 Å². The molecule has 1 aromatic rings. The van der Waals surface area contributed by atoms with Gasteiger partial charge in [-0.25, -0.2) is 12.7 Å². The largest absolute Gasteiger partial charge is 0.497 e. The molecule has 33 heavy (non-hydrogen) atoms. The van der Waals surface area contributed by atoms with Crippen LogP contribution in [0.15, 0.2) is 17.0 Å². The van der Waals surface area contributed by atoms with E-state index < -0.39 is 10.0 Å². The summed E-state index contributed by atoms with van der Waals surface area (Å²) in [6.07, 6.45) is 5.61. The van der Waals surface area contributed by atoms with Crippen molar-refractivity contribution in [3.8, 4) is 5.75 Å². The van der Waals surface area contributed by atoms with Crippen LogP contribution in [0, 0.1) is 19.8 Å². The van der Waals surface area contributed by atoms with Crippen molar-refractivity contribution in [1.29, 1.82) is 0 Å². The maximum atomic E-state index is 13.1. The molecule has 0 spiro atoms. The Morgan fingerprint density at radius 1 is 1.03 bits per heavy atom. The normalized spacial score (nSPS) is 18.8. The number of carbonyl (C=O) groups excluding carboxylic acids is 1. The van der Waals surface area contributed by atoms with Crippen LogP contribution in [0.5, 0.6) is 5.75 Å². The minimum atomic E-state index is -3.66. The molecule has 0 atom stereocenters. The van der Waals surface area contributed by atoms with Crippen LogP contribution in [-0.4, -0.2) is 88.3 Å². The van der Waals surface area contributed by atoms with Crippen molar-refractivity contribution in [3.63, 3.8) is 0 Å². The number of methoxy groups -OCH3 is 1. The lowest BCUT2D eigenvalue weighted by molar-refractivity contribution is -0.120. The lowest BCUT2D eigenvalue weighted by atomic mass is 9.91. The minimum Gasteiger partial charge on any atom is -0.497 e. The van der Waals surface area contributed by atoms with E-state index in [4.69, 9.17) is 4.74 Å². The summed E-state index contributed by atoms with van der Waals surface area (Å²) in [7, 11) is -0.532. The van der Waals surface area contributed by atoms with Gasteiger partial charge in [0.15, 0.2) is 0 Å². The molecule has 0 radical (unpaired) electrons. The number of piperidine rings is 1. The summed E-state index contributed by atoms with van der Waals surface area (Å²) in [4.78, 5) is 18.0. The molecule has 0 saturated carbocycles. The maximum absolute atomic E-state index is 13.1. The van der Waals surface area contributed by atoms with Crippen molar-refractivity contribution in [2.45, 2.75) is 57.3 Å². The van der Waals surface area contributed by atoms with Gasteiger partial charge in [0.1, 0.15) is 11.5 Å². The second kappa shape index (κ2) is 11.8. The molecule has 0 N–H and O–H groups in total. The smallest absolute Gasteiger partial charge is 0.243 e. The summed E-state index contributed by atoms with van der Waals surface area (Å²) >= 11 is 0. The van der Waals surface area contributed by atoms with Gasteiger partial charge in [0.05, 0.1) is 12.0 Å². The molecule has 2 heterocycles. The topological polar surface area (TPSA) is 70.2 Å². The third kappa shape index (κ3) is 7.01. The molecule has 1 aromatic carbocycles. The zero-order valence-corrected chi connectivity index (χ0v) is 21.6. The summed E-state index contributed by atoms with van der Waals surface area (Å²) in [6, 6.07) is 3.47. The molecule has 2 aliphatic rings. The molecule has 2 aliphatic heterocycles. The number of sulfonamides is 1. The fraction of sp³-hybridized carbons (Fsp3) is 0.720. The van der Waals surface area contributed by atoms with E-state index in [1.165, 1.54) is 30.2 Å². The average molecular weight is 480 g/mol. The van der Waals surface area contributed by atoms with E-state index in [0.717, 1.165) is 39.0 Å². The number of hydrogen-bond donors (Lipinski definition) is 0. The van der Waals surface area contributed by atoms with Gasteiger partial charge in [0, 0.05) is 39.5 Å². The Labute approximate surface area is 200 Å². The quantitative estimate of drug-likeness (QED) is 0.486. The Hall–Kier alpha value is -1.48. The first-order chi connectivity index (χ1) is 15.7. The Balaban J connectivity index is 1.43. The molecule has 2 saturated heterocycles. The van der Waals surface area contributed by atoms with Gasteiger partial charge in [-0.1, -0.05) is 0 Å². The van der Waals surface area contributed by atoms with Crippen LogP contribution in [0.3, 0.4) is 0 Å². The van der Waals surface area contributed by atoms with Gasteiger partial charge in [-0.05, 0) is 94.9 Å². The molecule has 0 aromatic heterocycles. The van der Waals surface area contributed by atoms with Crippen LogP contribution >= 0.6 is 0 Å². The van der Waals surface area contributed by atoms with Gasteiger partial charge in [0.2, 0.25) is 10.0 Å². The summed E-state index contributed by atoms with van der Waals surface area (Å²) in [5, 5.41) is 0. The molecular weight excluding hydrogens is 438 g/mol. The zero-order chi connectivity index (χ0) is 24.0. The van der Waals surface area contributed by atoms with Crippen LogP contribution in [0.1, 0.15) is 49.7 Å². The Morgan fingerprint density at radius 2 is 1.58 bits per heavy atom. The highest BCUT2D eigenvalue weighted by atomic mass is 32.2. The van der Waals surface area contributed by atoms with Gasteiger partial charge in [-0.2, -0.15) is 0 Å². The molecular formula is C25H41N3O4S. The molecule has 0 bridgehead atoms. The fourth-order valence-electron chi connectivity index (χ4n) is 5.12. The molecule has 3 rings (SSSR count). The molecule has 0 unspecified atom stereocenters. The molecule has 8 heteroatoms. The maximum Gasteiger partial charge on any atom is 0.243 e. The predicted octanol–water partition coefficient (Wildman–Crippen LogP) is 3.09. The Bertz CT molecular complexity index is 881. The highest BCUT2D eigenvalue weighted by Crippen LogP contribution is 2.28. The number of likely N-dealkylation sites (tertiary alicyclic amines) is 2. The van der Waals surface area contributed by atoms with Crippen LogP contribution in [-0.2, 0) is 14.8 Å². The second-order valence-corrected chi connectivity index (χ2v) is 11.7. The average Bonchev–Trinajstić information content (AvgIpc) is 3.30. The lowest BCUT2D eigenvalue weighted by Crippen LogP contribution is -2.39. The summed E-state index contributed by atoms with van der Waals surface area (Å²) in [5.74, 6) is 1.23. The van der Waals surface area contributed by atoms with Crippen molar-refractivity contribution in [2.24, 2.45) is 5.92 Å². The third-order valence-electron chi connectivity index (χ3n) is 7.20. The number of rotatable bonds is 11. The summed E-state index contributed by atoms with van der Waals surface area (Å²) in [5.41, 5.74) is 1.31. The van der Waals surface area contributed by atoms with E-state index >= 15 is 0 Å². The molecule has 0 aliphatic carbocycles. The fourth-order valence-corrected chi connectivity index (χ4v) is 6.70. The standard InChI is InChI=1S/C25H41N3O4S/c1-20-17-24(32-4)18-21(2)25(20)33(30,31)26(3)12-9-23(29)19-22-7-13-28(14-8-22)16-15-27-10-5-6-11-27/h17-18,22H,5-16,19H2,1-4H3. The van der Waals surface area contributed by atoms with Crippen molar-refractivity contribution >= 4 is 15.8 Å². The van der Waals surface area contributed by atoms with Gasteiger partial charge in [-0.15, -0.1) is 0 Å². The number of ketones is 1.